The van der Waals surface area contributed by atoms with Gasteiger partial charge in [-0.2, -0.15) is 0 Å². The molecule has 4 nitrogen and oxygen atoms in total. The summed E-state index contributed by atoms with van der Waals surface area (Å²) in [5, 5.41) is 12.5. The molecule has 5 heteroatoms. The van der Waals surface area contributed by atoms with Gasteiger partial charge in [0.25, 0.3) is 5.91 Å². The first kappa shape index (κ1) is 14.0. The highest BCUT2D eigenvalue weighted by Gasteiger charge is 2.11. The van der Waals surface area contributed by atoms with Crippen LogP contribution in [0.15, 0.2) is 18.2 Å². The number of carbonyl (C=O) groups is 1. The Balaban J connectivity index is 2.61. The van der Waals surface area contributed by atoms with Crippen molar-refractivity contribution in [2.24, 2.45) is 0 Å². The van der Waals surface area contributed by atoms with E-state index in [4.69, 9.17) is 16.3 Å². The van der Waals surface area contributed by atoms with Crippen LogP contribution in [0.2, 0.25) is 5.02 Å². The third-order valence-electron chi connectivity index (χ3n) is 2.30. The highest BCUT2D eigenvalue weighted by atomic mass is 35.5. The van der Waals surface area contributed by atoms with Gasteiger partial charge >= 0.3 is 0 Å². The minimum atomic E-state index is -0.705. The molecule has 1 unspecified atom stereocenters. The van der Waals surface area contributed by atoms with Crippen molar-refractivity contribution < 1.29 is 14.6 Å². The number of methoxy groups -OCH3 is 1. The lowest BCUT2D eigenvalue weighted by Crippen LogP contribution is -2.34. The Bertz CT molecular complexity index is 395. The summed E-state index contributed by atoms with van der Waals surface area (Å²) in [4.78, 5) is 11.8. The highest BCUT2D eigenvalue weighted by Crippen LogP contribution is 2.15. The zero-order valence-corrected chi connectivity index (χ0v) is 10.6. The van der Waals surface area contributed by atoms with Gasteiger partial charge in [0, 0.05) is 24.2 Å². The van der Waals surface area contributed by atoms with E-state index in [-0.39, 0.29) is 19.1 Å². The molecule has 0 spiro atoms. The van der Waals surface area contributed by atoms with E-state index in [2.05, 4.69) is 5.32 Å². The molecule has 1 aromatic carbocycles. The zero-order chi connectivity index (χ0) is 12.8. The molecule has 0 aromatic heterocycles. The number of nitrogens with one attached hydrogen (secondary N) is 1. The number of aryl methyl sites for hydroxylation is 1. The number of halogens is 1. The number of amides is 1. The Morgan fingerprint density at radius 3 is 2.94 bits per heavy atom. The van der Waals surface area contributed by atoms with E-state index < -0.39 is 6.10 Å². The molecule has 0 bridgehead atoms. The second-order valence-electron chi connectivity index (χ2n) is 3.78. The lowest BCUT2D eigenvalue weighted by Gasteiger charge is -2.12. The number of aliphatic hydroxyl groups excluding tert-OH is 1. The number of benzene rings is 1. The van der Waals surface area contributed by atoms with Crippen molar-refractivity contribution in [3.63, 3.8) is 0 Å². The number of aliphatic hydroxyl groups is 1. The number of rotatable bonds is 5. The second-order valence-corrected chi connectivity index (χ2v) is 4.21. The topological polar surface area (TPSA) is 58.6 Å². The van der Waals surface area contributed by atoms with Gasteiger partial charge in [0.15, 0.2) is 0 Å². The smallest absolute Gasteiger partial charge is 0.251 e. The van der Waals surface area contributed by atoms with Crippen molar-refractivity contribution in [3.8, 4) is 0 Å². The molecule has 0 fully saturated rings. The molecule has 0 aliphatic carbocycles. The lowest BCUT2D eigenvalue weighted by molar-refractivity contribution is 0.0609. The summed E-state index contributed by atoms with van der Waals surface area (Å²) in [6.45, 7) is 2.17. The fourth-order valence-corrected chi connectivity index (χ4v) is 1.57. The number of ether oxygens (including phenoxy) is 1. The molecule has 1 amide bonds. The molecule has 1 rings (SSSR count). The number of carbonyl (C=O) groups excluding carboxylic acids is 1. The quantitative estimate of drug-likeness (QED) is 0.838. The standard InChI is InChI=1S/C12H16ClNO3/c1-8-3-4-9(13)5-11(8)12(16)14-6-10(15)7-17-2/h3-5,10,15H,6-7H2,1-2H3,(H,14,16). The fraction of sp³-hybridized carbons (Fsp3) is 0.417. The third-order valence-corrected chi connectivity index (χ3v) is 2.54. The van der Waals surface area contributed by atoms with Crippen LogP contribution in [0.5, 0.6) is 0 Å². The number of hydrogen-bond acceptors (Lipinski definition) is 3. The maximum Gasteiger partial charge on any atom is 0.251 e. The van der Waals surface area contributed by atoms with Crippen LogP contribution >= 0.6 is 11.6 Å². The second kappa shape index (κ2) is 6.59. The minimum absolute atomic E-state index is 0.151. The molecule has 1 aromatic rings. The van der Waals surface area contributed by atoms with Crippen LogP contribution in [0.25, 0.3) is 0 Å². The molecule has 0 saturated carbocycles. The molecular weight excluding hydrogens is 242 g/mol. The molecule has 1 atom stereocenters. The van der Waals surface area contributed by atoms with Crippen molar-refractivity contribution in [3.05, 3.63) is 34.3 Å². The minimum Gasteiger partial charge on any atom is -0.389 e. The van der Waals surface area contributed by atoms with Crippen LogP contribution in [-0.4, -0.2) is 37.4 Å². The van der Waals surface area contributed by atoms with Gasteiger partial charge in [-0.3, -0.25) is 4.79 Å². The van der Waals surface area contributed by atoms with Crippen molar-refractivity contribution in [2.45, 2.75) is 13.0 Å². The lowest BCUT2D eigenvalue weighted by atomic mass is 10.1. The SMILES string of the molecule is COCC(O)CNC(=O)c1cc(Cl)ccc1C. The van der Waals surface area contributed by atoms with Crippen LogP contribution in [0.1, 0.15) is 15.9 Å². The zero-order valence-electron chi connectivity index (χ0n) is 9.87. The highest BCUT2D eigenvalue weighted by molar-refractivity contribution is 6.31. The Kier molecular flexibility index (Phi) is 5.41. The summed E-state index contributed by atoms with van der Waals surface area (Å²) >= 11 is 5.82. The first-order valence-corrected chi connectivity index (χ1v) is 5.63. The Labute approximate surface area is 106 Å². The predicted octanol–water partition coefficient (Wildman–Crippen LogP) is 1.39. The van der Waals surface area contributed by atoms with Gasteiger partial charge in [-0.15, -0.1) is 0 Å². The van der Waals surface area contributed by atoms with E-state index in [9.17, 15) is 9.90 Å². The van der Waals surface area contributed by atoms with Gasteiger partial charge < -0.3 is 15.2 Å². The maximum atomic E-state index is 11.8. The summed E-state index contributed by atoms with van der Waals surface area (Å²) in [7, 11) is 1.49. The molecule has 17 heavy (non-hydrogen) atoms. The van der Waals surface area contributed by atoms with Crippen molar-refractivity contribution >= 4 is 17.5 Å². The van der Waals surface area contributed by atoms with Gasteiger partial charge in [-0.25, -0.2) is 0 Å². The van der Waals surface area contributed by atoms with Crippen LogP contribution < -0.4 is 5.32 Å². The van der Waals surface area contributed by atoms with Gasteiger partial charge in [0.2, 0.25) is 0 Å². The third kappa shape index (κ3) is 4.34. The molecule has 0 aliphatic rings. The van der Waals surface area contributed by atoms with E-state index in [0.29, 0.717) is 10.6 Å². The summed E-state index contributed by atoms with van der Waals surface area (Å²) < 4.78 is 4.76. The van der Waals surface area contributed by atoms with E-state index in [1.165, 1.54) is 7.11 Å². The van der Waals surface area contributed by atoms with Gasteiger partial charge in [-0.1, -0.05) is 17.7 Å². The average molecular weight is 258 g/mol. The molecule has 94 valence electrons. The summed E-state index contributed by atoms with van der Waals surface area (Å²) in [6.07, 6.45) is -0.705. The fourth-order valence-electron chi connectivity index (χ4n) is 1.40. The predicted molar refractivity (Wildman–Crippen MR) is 66.4 cm³/mol. The average Bonchev–Trinajstić information content (AvgIpc) is 2.29. The van der Waals surface area contributed by atoms with E-state index in [0.717, 1.165) is 5.56 Å². The molecule has 2 N–H and O–H groups in total. The van der Waals surface area contributed by atoms with Gasteiger partial charge in [0.1, 0.15) is 0 Å². The first-order valence-electron chi connectivity index (χ1n) is 5.26. The summed E-state index contributed by atoms with van der Waals surface area (Å²) in [5.41, 5.74) is 1.36. The van der Waals surface area contributed by atoms with E-state index in [1.807, 2.05) is 6.92 Å². The maximum absolute atomic E-state index is 11.8. The Hall–Kier alpha value is -1.10. The van der Waals surface area contributed by atoms with Crippen molar-refractivity contribution in [2.75, 3.05) is 20.3 Å². The van der Waals surface area contributed by atoms with Gasteiger partial charge in [-0.05, 0) is 24.6 Å². The Morgan fingerprint density at radius 1 is 1.59 bits per heavy atom. The normalized spacial score (nSPS) is 12.2. The summed E-state index contributed by atoms with van der Waals surface area (Å²) in [6, 6.07) is 5.12. The Morgan fingerprint density at radius 2 is 2.29 bits per heavy atom. The molecule has 0 heterocycles. The van der Waals surface area contributed by atoms with E-state index in [1.54, 1.807) is 18.2 Å². The first-order chi connectivity index (χ1) is 8.04. The van der Waals surface area contributed by atoms with Crippen molar-refractivity contribution in [1.82, 2.24) is 5.32 Å². The van der Waals surface area contributed by atoms with Crippen LogP contribution in [0.3, 0.4) is 0 Å². The molecule has 0 radical (unpaired) electrons. The van der Waals surface area contributed by atoms with E-state index >= 15 is 0 Å². The van der Waals surface area contributed by atoms with Crippen LogP contribution in [0.4, 0.5) is 0 Å². The monoisotopic (exact) mass is 257 g/mol. The van der Waals surface area contributed by atoms with Crippen LogP contribution in [-0.2, 0) is 4.74 Å². The molecule has 0 saturated heterocycles. The van der Waals surface area contributed by atoms with Crippen molar-refractivity contribution in [1.29, 1.82) is 0 Å². The summed E-state index contributed by atoms with van der Waals surface area (Å²) in [5.74, 6) is -0.250. The van der Waals surface area contributed by atoms with Gasteiger partial charge in [0.05, 0.1) is 12.7 Å². The number of hydrogen-bond donors (Lipinski definition) is 2. The largest absolute Gasteiger partial charge is 0.389 e. The molecule has 0 aliphatic heterocycles. The van der Waals surface area contributed by atoms with Crippen LogP contribution in [0, 0.1) is 6.92 Å². The molecular formula is C12H16ClNO3.